The molecule has 1 aromatic carbocycles. The van der Waals surface area contributed by atoms with Gasteiger partial charge < -0.3 is 15.7 Å². The number of amides is 2. The highest BCUT2D eigenvalue weighted by Crippen LogP contribution is 2.40. The average molecular weight is 380 g/mol. The van der Waals surface area contributed by atoms with Crippen molar-refractivity contribution in [2.75, 3.05) is 5.32 Å². The molecule has 1 fully saturated rings. The minimum absolute atomic E-state index is 0.0143. The van der Waals surface area contributed by atoms with Crippen molar-refractivity contribution >= 4 is 45.2 Å². The molecule has 21 heavy (non-hydrogen) atoms. The normalized spacial score (nSPS) is 17.0. The van der Waals surface area contributed by atoms with Crippen molar-refractivity contribution in [3.63, 3.8) is 0 Å². The van der Waals surface area contributed by atoms with Crippen molar-refractivity contribution in [2.45, 2.75) is 25.3 Å². The number of hydrogen-bond donors (Lipinski definition) is 3. The van der Waals surface area contributed by atoms with Gasteiger partial charge in [-0.3, -0.25) is 0 Å². The third kappa shape index (κ3) is 3.47. The van der Waals surface area contributed by atoms with E-state index in [1.54, 1.807) is 0 Å². The SMILES string of the molecule is CC(NC(=O)Nc1c(Cl)cc(F)cc1Br)(C(=O)O)C1CC1. The number of rotatable bonds is 4. The Hall–Kier alpha value is -1.34. The van der Waals surface area contributed by atoms with Gasteiger partial charge in [-0.1, -0.05) is 11.6 Å². The molecule has 1 atom stereocenters. The van der Waals surface area contributed by atoms with Crippen molar-refractivity contribution in [1.82, 2.24) is 5.32 Å². The van der Waals surface area contributed by atoms with Gasteiger partial charge in [-0.05, 0) is 53.7 Å². The zero-order valence-corrected chi connectivity index (χ0v) is 13.4. The summed E-state index contributed by atoms with van der Waals surface area (Å²) in [6.45, 7) is 1.47. The second-order valence-electron chi connectivity index (χ2n) is 5.11. The van der Waals surface area contributed by atoms with Crippen molar-refractivity contribution in [2.24, 2.45) is 5.92 Å². The van der Waals surface area contributed by atoms with E-state index in [4.69, 9.17) is 11.6 Å². The lowest BCUT2D eigenvalue weighted by Gasteiger charge is -2.26. The van der Waals surface area contributed by atoms with E-state index >= 15 is 0 Å². The lowest BCUT2D eigenvalue weighted by atomic mass is 9.96. The first-order valence-corrected chi connectivity index (χ1v) is 7.38. The first kappa shape index (κ1) is 16.0. The summed E-state index contributed by atoms with van der Waals surface area (Å²) in [4.78, 5) is 23.3. The first-order chi connectivity index (χ1) is 9.74. The Morgan fingerprint density at radius 2 is 2.10 bits per heavy atom. The maximum atomic E-state index is 13.1. The number of anilines is 1. The number of aliphatic carboxylic acids is 1. The van der Waals surface area contributed by atoms with Gasteiger partial charge in [-0.15, -0.1) is 0 Å². The molecule has 0 radical (unpaired) electrons. The molecule has 1 aromatic rings. The smallest absolute Gasteiger partial charge is 0.329 e. The summed E-state index contributed by atoms with van der Waals surface area (Å²) in [5.41, 5.74) is -1.15. The van der Waals surface area contributed by atoms with Crippen LogP contribution in [0.2, 0.25) is 5.02 Å². The molecule has 0 aromatic heterocycles. The van der Waals surface area contributed by atoms with Crippen LogP contribution in [0.15, 0.2) is 16.6 Å². The van der Waals surface area contributed by atoms with E-state index in [1.165, 1.54) is 6.92 Å². The van der Waals surface area contributed by atoms with Crippen LogP contribution >= 0.6 is 27.5 Å². The largest absolute Gasteiger partial charge is 0.480 e. The van der Waals surface area contributed by atoms with Gasteiger partial charge in [0.25, 0.3) is 0 Å². The molecule has 0 bridgehead atoms. The Morgan fingerprint density at radius 3 is 2.57 bits per heavy atom. The number of carboxylic acids is 1. The van der Waals surface area contributed by atoms with Gasteiger partial charge in [0.1, 0.15) is 11.4 Å². The van der Waals surface area contributed by atoms with Gasteiger partial charge in [-0.25, -0.2) is 14.0 Å². The standard InChI is InChI=1S/C13H13BrClFN2O3/c1-13(11(19)20,6-2-3-6)18-12(21)17-10-8(14)4-7(16)5-9(10)15/h4-6H,2-3H2,1H3,(H,19,20)(H2,17,18,21). The summed E-state index contributed by atoms with van der Waals surface area (Å²) >= 11 is 8.95. The summed E-state index contributed by atoms with van der Waals surface area (Å²) < 4.78 is 13.4. The van der Waals surface area contributed by atoms with Gasteiger partial charge in [0.15, 0.2) is 0 Å². The highest BCUT2D eigenvalue weighted by atomic mass is 79.9. The van der Waals surface area contributed by atoms with Crippen LogP contribution in [0.3, 0.4) is 0 Å². The third-order valence-corrected chi connectivity index (χ3v) is 4.38. The van der Waals surface area contributed by atoms with Crippen molar-refractivity contribution in [3.05, 3.63) is 27.4 Å². The number of nitrogens with one attached hydrogen (secondary N) is 2. The molecule has 3 N–H and O–H groups in total. The van der Waals surface area contributed by atoms with E-state index in [9.17, 15) is 19.1 Å². The number of benzene rings is 1. The summed E-state index contributed by atoms with van der Waals surface area (Å²) in [6, 6.07) is 1.50. The fraction of sp³-hybridized carbons (Fsp3) is 0.385. The second-order valence-corrected chi connectivity index (χ2v) is 6.37. The van der Waals surface area contributed by atoms with Crippen LogP contribution in [-0.2, 0) is 4.79 Å². The molecule has 0 saturated heterocycles. The molecule has 0 spiro atoms. The summed E-state index contributed by atoms with van der Waals surface area (Å²) in [6.07, 6.45) is 1.51. The topological polar surface area (TPSA) is 78.4 Å². The second kappa shape index (κ2) is 5.81. The number of carbonyl (C=O) groups is 2. The van der Waals surface area contributed by atoms with Crippen LogP contribution in [0.25, 0.3) is 0 Å². The minimum Gasteiger partial charge on any atom is -0.480 e. The Morgan fingerprint density at radius 1 is 1.48 bits per heavy atom. The van der Waals surface area contributed by atoms with Crippen LogP contribution in [0, 0.1) is 11.7 Å². The molecule has 0 heterocycles. The summed E-state index contributed by atoms with van der Waals surface area (Å²) in [7, 11) is 0. The van der Waals surface area contributed by atoms with E-state index < -0.39 is 23.4 Å². The lowest BCUT2D eigenvalue weighted by molar-refractivity contribution is -0.144. The third-order valence-electron chi connectivity index (χ3n) is 3.46. The molecule has 0 aliphatic heterocycles. The van der Waals surface area contributed by atoms with E-state index in [0.717, 1.165) is 25.0 Å². The molecule has 1 aliphatic rings. The van der Waals surface area contributed by atoms with Gasteiger partial charge in [0.05, 0.1) is 10.7 Å². The van der Waals surface area contributed by atoms with E-state index in [1.807, 2.05) is 0 Å². The maximum absolute atomic E-state index is 13.1. The number of carbonyl (C=O) groups excluding carboxylic acids is 1. The maximum Gasteiger partial charge on any atom is 0.329 e. The highest BCUT2D eigenvalue weighted by molar-refractivity contribution is 9.10. The van der Waals surface area contributed by atoms with Gasteiger partial charge >= 0.3 is 12.0 Å². The Balaban J connectivity index is 2.13. The Kier molecular flexibility index (Phi) is 4.43. The predicted octanol–water partition coefficient (Wildman–Crippen LogP) is 3.62. The van der Waals surface area contributed by atoms with Crippen LogP contribution in [0.5, 0.6) is 0 Å². The molecule has 1 saturated carbocycles. The van der Waals surface area contributed by atoms with Crippen molar-refractivity contribution in [3.8, 4) is 0 Å². The molecule has 1 unspecified atom stereocenters. The van der Waals surface area contributed by atoms with Crippen LogP contribution < -0.4 is 10.6 Å². The van der Waals surface area contributed by atoms with Gasteiger partial charge in [-0.2, -0.15) is 0 Å². The molecule has 2 rings (SSSR count). The average Bonchev–Trinajstić information content (AvgIpc) is 3.17. The minimum atomic E-state index is -1.33. The highest BCUT2D eigenvalue weighted by Gasteiger charge is 2.48. The molecular weight excluding hydrogens is 367 g/mol. The van der Waals surface area contributed by atoms with Crippen LogP contribution in [0.1, 0.15) is 19.8 Å². The van der Waals surface area contributed by atoms with Crippen molar-refractivity contribution < 1.29 is 19.1 Å². The fourth-order valence-corrected chi connectivity index (χ4v) is 2.93. The summed E-state index contributed by atoms with van der Waals surface area (Å²) in [5, 5.41) is 14.2. The zero-order chi connectivity index (χ0) is 15.8. The summed E-state index contributed by atoms with van der Waals surface area (Å²) in [5.74, 6) is -1.73. The van der Waals surface area contributed by atoms with Crippen LogP contribution in [0.4, 0.5) is 14.9 Å². The molecule has 2 amide bonds. The molecular formula is C13H13BrClFN2O3. The van der Waals surface area contributed by atoms with E-state index in [-0.39, 0.29) is 21.1 Å². The van der Waals surface area contributed by atoms with Crippen LogP contribution in [-0.4, -0.2) is 22.6 Å². The molecule has 1 aliphatic carbocycles. The number of urea groups is 1. The van der Waals surface area contributed by atoms with E-state index in [0.29, 0.717) is 0 Å². The Labute approximate surface area is 134 Å². The zero-order valence-electron chi connectivity index (χ0n) is 11.0. The number of carboxylic acid groups (broad SMARTS) is 1. The quantitative estimate of drug-likeness (QED) is 0.748. The molecule has 8 heteroatoms. The van der Waals surface area contributed by atoms with Gasteiger partial charge in [0.2, 0.25) is 0 Å². The van der Waals surface area contributed by atoms with Crippen molar-refractivity contribution in [1.29, 1.82) is 0 Å². The monoisotopic (exact) mass is 378 g/mol. The lowest BCUT2D eigenvalue weighted by Crippen LogP contribution is -2.55. The number of halogens is 3. The molecule has 114 valence electrons. The predicted molar refractivity (Wildman–Crippen MR) is 80.0 cm³/mol. The fourth-order valence-electron chi connectivity index (χ4n) is 2.03. The first-order valence-electron chi connectivity index (χ1n) is 6.21. The molecule has 5 nitrogen and oxygen atoms in total. The number of hydrogen-bond acceptors (Lipinski definition) is 2. The van der Waals surface area contributed by atoms with E-state index in [2.05, 4.69) is 26.6 Å². The Bertz CT molecular complexity index is 586. The van der Waals surface area contributed by atoms with Gasteiger partial charge in [0, 0.05) is 4.47 Å².